The number of benzene rings is 2. The molecule has 0 fully saturated rings. The van der Waals surface area contributed by atoms with Crippen LogP contribution in [0, 0.1) is 15.9 Å². The number of nitro groups is 1. The van der Waals surface area contributed by atoms with Gasteiger partial charge in [-0.2, -0.15) is 0 Å². The quantitative estimate of drug-likeness (QED) is 0.260. The van der Waals surface area contributed by atoms with Gasteiger partial charge in [-0.25, -0.2) is 14.2 Å². The Morgan fingerprint density at radius 3 is 2.62 bits per heavy atom. The number of nitro benzene ring substituents is 1. The molecule has 1 aromatic heterocycles. The van der Waals surface area contributed by atoms with E-state index in [2.05, 4.69) is 4.99 Å². The summed E-state index contributed by atoms with van der Waals surface area (Å²) in [5.74, 6) is -0.811. The molecule has 0 atom stereocenters. The van der Waals surface area contributed by atoms with Crippen molar-refractivity contribution in [3.8, 4) is 11.3 Å². The van der Waals surface area contributed by atoms with Crippen LogP contribution in [0.25, 0.3) is 17.4 Å². The monoisotopic (exact) mass is 412 g/mol. The van der Waals surface area contributed by atoms with Gasteiger partial charge in [0.05, 0.1) is 15.5 Å². The first-order valence-corrected chi connectivity index (χ1v) is 8.62. The number of hydrogen-bond acceptors (Lipinski definition) is 6. The lowest BCUT2D eigenvalue weighted by molar-refractivity contribution is -0.384. The van der Waals surface area contributed by atoms with E-state index in [4.69, 9.17) is 20.8 Å². The highest BCUT2D eigenvalue weighted by molar-refractivity contribution is 6.33. The van der Waals surface area contributed by atoms with Gasteiger partial charge in [-0.15, -0.1) is 0 Å². The number of ether oxygens (including phenoxy) is 1. The van der Waals surface area contributed by atoms with E-state index in [-0.39, 0.29) is 33.6 Å². The maximum Gasteiger partial charge on any atom is 0.363 e. The third-order valence-electron chi connectivity index (χ3n) is 4.06. The Bertz CT molecular complexity index is 1220. The van der Waals surface area contributed by atoms with Crippen molar-refractivity contribution in [1.82, 2.24) is 0 Å². The number of halogens is 2. The Hall–Kier alpha value is -3.78. The Morgan fingerprint density at radius 2 is 1.90 bits per heavy atom. The van der Waals surface area contributed by atoms with Crippen LogP contribution in [0.5, 0.6) is 0 Å². The summed E-state index contributed by atoms with van der Waals surface area (Å²) in [7, 11) is 0. The highest BCUT2D eigenvalue weighted by Gasteiger charge is 2.26. The standard InChI is InChI=1S/C20H10ClFN2O5/c21-15-9-11(24(26)27)5-7-13(15)18-8-6-12(28-18)10-17-20(25)29-19(23-17)14-3-1-2-4-16(14)22/h1-10H. The average Bonchev–Trinajstić information content (AvgIpc) is 3.29. The summed E-state index contributed by atoms with van der Waals surface area (Å²) in [5, 5.41) is 11.0. The average molecular weight is 413 g/mol. The summed E-state index contributed by atoms with van der Waals surface area (Å²) in [6.07, 6.45) is 1.35. The van der Waals surface area contributed by atoms with Crippen LogP contribution in [0.1, 0.15) is 11.3 Å². The molecule has 0 N–H and O–H groups in total. The van der Waals surface area contributed by atoms with E-state index in [0.29, 0.717) is 11.3 Å². The summed E-state index contributed by atoms with van der Waals surface area (Å²) < 4.78 is 24.5. The Balaban J connectivity index is 1.64. The van der Waals surface area contributed by atoms with Crippen molar-refractivity contribution in [2.24, 2.45) is 4.99 Å². The van der Waals surface area contributed by atoms with E-state index >= 15 is 0 Å². The summed E-state index contributed by atoms with van der Waals surface area (Å²) in [4.78, 5) is 26.3. The number of nitrogens with zero attached hydrogens (tertiary/aromatic N) is 2. The third kappa shape index (κ3) is 3.65. The van der Waals surface area contributed by atoms with Crippen molar-refractivity contribution in [1.29, 1.82) is 0 Å². The van der Waals surface area contributed by atoms with E-state index in [1.54, 1.807) is 18.2 Å². The zero-order chi connectivity index (χ0) is 20.5. The lowest BCUT2D eigenvalue weighted by atomic mass is 10.1. The molecular weight excluding hydrogens is 403 g/mol. The van der Waals surface area contributed by atoms with Crippen molar-refractivity contribution in [2.75, 3.05) is 0 Å². The topological polar surface area (TPSA) is 94.9 Å². The van der Waals surface area contributed by atoms with Crippen LogP contribution in [0.2, 0.25) is 5.02 Å². The van der Waals surface area contributed by atoms with Gasteiger partial charge in [0.1, 0.15) is 17.3 Å². The minimum atomic E-state index is -0.741. The molecule has 0 saturated heterocycles. The summed E-state index contributed by atoms with van der Waals surface area (Å²) in [6, 6.07) is 13.0. The zero-order valence-corrected chi connectivity index (χ0v) is 15.2. The zero-order valence-electron chi connectivity index (χ0n) is 14.5. The highest BCUT2D eigenvalue weighted by atomic mass is 35.5. The van der Waals surface area contributed by atoms with Crippen molar-refractivity contribution in [3.05, 3.63) is 92.6 Å². The summed E-state index contributed by atoms with van der Waals surface area (Å²) in [6.45, 7) is 0. The van der Waals surface area contributed by atoms with Gasteiger partial charge in [0.25, 0.3) is 5.69 Å². The molecule has 3 aromatic rings. The molecule has 144 valence electrons. The summed E-state index contributed by atoms with van der Waals surface area (Å²) >= 11 is 6.10. The first-order chi connectivity index (χ1) is 13.9. The lowest BCUT2D eigenvalue weighted by Gasteiger charge is -2.00. The highest BCUT2D eigenvalue weighted by Crippen LogP contribution is 2.33. The van der Waals surface area contributed by atoms with Gasteiger partial charge in [0.15, 0.2) is 5.70 Å². The van der Waals surface area contributed by atoms with Crippen LogP contribution >= 0.6 is 11.6 Å². The number of hydrogen-bond donors (Lipinski definition) is 0. The molecule has 0 aliphatic carbocycles. The number of non-ortho nitro benzene ring substituents is 1. The molecule has 0 unspecified atom stereocenters. The second kappa shape index (κ2) is 7.33. The van der Waals surface area contributed by atoms with E-state index in [9.17, 15) is 19.3 Å². The molecule has 9 heteroatoms. The van der Waals surface area contributed by atoms with Crippen LogP contribution in [0.3, 0.4) is 0 Å². The molecule has 4 rings (SSSR count). The van der Waals surface area contributed by atoms with Crippen molar-refractivity contribution in [2.45, 2.75) is 0 Å². The van der Waals surface area contributed by atoms with Crippen LogP contribution in [-0.4, -0.2) is 16.8 Å². The predicted octanol–water partition coefficient (Wildman–Crippen LogP) is 4.99. The largest absolute Gasteiger partial charge is 0.457 e. The minimum Gasteiger partial charge on any atom is -0.457 e. The molecule has 7 nitrogen and oxygen atoms in total. The molecule has 2 heterocycles. The SMILES string of the molecule is O=C1OC(c2ccccc2F)=NC1=Cc1ccc(-c2ccc([N+](=O)[O-])cc2Cl)o1. The lowest BCUT2D eigenvalue weighted by Crippen LogP contribution is -2.07. The fraction of sp³-hybridized carbons (Fsp3) is 0. The number of cyclic esters (lactones) is 1. The second-order valence-corrected chi connectivity index (χ2v) is 6.35. The van der Waals surface area contributed by atoms with Crippen molar-refractivity contribution in [3.63, 3.8) is 0 Å². The maximum atomic E-state index is 13.9. The fourth-order valence-electron chi connectivity index (χ4n) is 2.69. The van der Waals surface area contributed by atoms with Gasteiger partial charge in [-0.1, -0.05) is 23.7 Å². The van der Waals surface area contributed by atoms with Gasteiger partial charge in [0, 0.05) is 23.8 Å². The number of carbonyl (C=O) groups is 1. The molecule has 0 saturated carbocycles. The first kappa shape index (κ1) is 18.6. The molecule has 1 aliphatic heterocycles. The predicted molar refractivity (Wildman–Crippen MR) is 103 cm³/mol. The van der Waals surface area contributed by atoms with Crippen LogP contribution in [0.4, 0.5) is 10.1 Å². The molecule has 0 amide bonds. The van der Waals surface area contributed by atoms with Gasteiger partial charge in [0.2, 0.25) is 5.90 Å². The number of esters is 1. The van der Waals surface area contributed by atoms with Crippen LogP contribution in [0.15, 0.2) is 69.7 Å². The molecule has 1 aliphatic rings. The molecule has 0 bridgehead atoms. The van der Waals surface area contributed by atoms with Gasteiger partial charge >= 0.3 is 5.97 Å². The fourth-order valence-corrected chi connectivity index (χ4v) is 2.95. The van der Waals surface area contributed by atoms with Crippen molar-refractivity contribution >= 4 is 35.2 Å². The summed E-state index contributed by atoms with van der Waals surface area (Å²) in [5.41, 5.74) is 0.323. The molecule has 29 heavy (non-hydrogen) atoms. The number of furan rings is 1. The molecule has 0 radical (unpaired) electrons. The van der Waals surface area contributed by atoms with Crippen LogP contribution < -0.4 is 0 Å². The maximum absolute atomic E-state index is 13.9. The molecule has 2 aromatic carbocycles. The van der Waals surface area contributed by atoms with E-state index < -0.39 is 16.7 Å². The van der Waals surface area contributed by atoms with Crippen molar-refractivity contribution < 1.29 is 23.3 Å². The Kier molecular flexibility index (Phi) is 4.69. The number of aliphatic imine (C=N–C) groups is 1. The number of carbonyl (C=O) groups excluding carboxylic acids is 1. The van der Waals surface area contributed by atoms with Gasteiger partial charge < -0.3 is 9.15 Å². The minimum absolute atomic E-state index is 0.0565. The normalized spacial score (nSPS) is 14.8. The molecular formula is C20H10ClFN2O5. The first-order valence-electron chi connectivity index (χ1n) is 8.24. The van der Waals surface area contributed by atoms with Crippen LogP contribution in [-0.2, 0) is 9.53 Å². The smallest absolute Gasteiger partial charge is 0.363 e. The van der Waals surface area contributed by atoms with E-state index in [1.807, 2.05) is 0 Å². The second-order valence-electron chi connectivity index (χ2n) is 5.94. The van der Waals surface area contributed by atoms with E-state index in [1.165, 1.54) is 42.5 Å². The Morgan fingerprint density at radius 1 is 1.10 bits per heavy atom. The Labute approximate surface area is 167 Å². The van der Waals surface area contributed by atoms with Gasteiger partial charge in [-0.3, -0.25) is 10.1 Å². The van der Waals surface area contributed by atoms with Gasteiger partial charge in [-0.05, 0) is 30.3 Å². The third-order valence-corrected chi connectivity index (χ3v) is 4.37. The molecule has 0 spiro atoms. The number of rotatable bonds is 4. The van der Waals surface area contributed by atoms with E-state index in [0.717, 1.165) is 0 Å².